The normalized spacial score (nSPS) is 27.6. The first-order chi connectivity index (χ1) is 4.61. The minimum absolute atomic E-state index is 0.472. The Morgan fingerprint density at radius 2 is 2.20 bits per heavy atom. The van der Waals surface area contributed by atoms with Gasteiger partial charge in [0.05, 0.1) is 6.10 Å². The van der Waals surface area contributed by atoms with E-state index in [0.29, 0.717) is 0 Å². The van der Waals surface area contributed by atoms with Crippen LogP contribution < -0.4 is 10.6 Å². The number of nitrogens with one attached hydrogen (secondary N) is 2. The molecular weight excluding hydrogens is 136 g/mol. The van der Waals surface area contributed by atoms with Crippen molar-refractivity contribution in [2.75, 3.05) is 0 Å². The Morgan fingerprint density at radius 3 is 2.40 bits per heavy atom. The lowest BCUT2D eigenvalue weighted by Crippen LogP contribution is -2.38. The molecule has 1 heterocycles. The number of aliphatic hydroxyl groups excluding tert-OH is 1. The molecule has 0 radical (unpaired) electrons. The molecule has 10 heavy (non-hydrogen) atoms. The highest BCUT2D eigenvalue weighted by Gasteiger charge is 2.32. The number of rotatable bonds is 1. The molecule has 1 aliphatic rings. The highest BCUT2D eigenvalue weighted by molar-refractivity contribution is 6.04. The van der Waals surface area contributed by atoms with Crippen molar-refractivity contribution in [2.24, 2.45) is 0 Å². The number of aliphatic hydroxyl groups is 1. The third kappa shape index (κ3) is 1.08. The van der Waals surface area contributed by atoms with Crippen LogP contribution in [0.5, 0.6) is 0 Å². The number of imide groups is 1. The van der Waals surface area contributed by atoms with Gasteiger partial charge in [-0.05, 0) is 6.92 Å². The molecule has 56 valence electrons. The highest BCUT2D eigenvalue weighted by Crippen LogP contribution is 1.97. The maximum atomic E-state index is 10.7. The van der Waals surface area contributed by atoms with Gasteiger partial charge in [-0.3, -0.25) is 10.1 Å². The van der Waals surface area contributed by atoms with Crippen LogP contribution in [0, 0.1) is 0 Å². The number of amides is 3. The van der Waals surface area contributed by atoms with Crippen LogP contribution >= 0.6 is 0 Å². The zero-order chi connectivity index (χ0) is 7.72. The van der Waals surface area contributed by atoms with Crippen LogP contribution in [0.4, 0.5) is 4.79 Å². The molecule has 2 atom stereocenters. The molecule has 3 N–H and O–H groups in total. The largest absolute Gasteiger partial charge is 0.391 e. The minimum atomic E-state index is -0.841. The standard InChI is InChI=1S/C5H8N2O3/c1-2(8)3-4(9)7-5(10)6-3/h2-3,8H,1H3,(H2,6,7,9,10)/t2-,3-/m0/s1. The second-order valence-electron chi connectivity index (χ2n) is 2.18. The molecule has 0 spiro atoms. The fourth-order valence-corrected chi connectivity index (χ4v) is 0.772. The van der Waals surface area contributed by atoms with E-state index in [1.54, 1.807) is 0 Å². The van der Waals surface area contributed by atoms with E-state index in [4.69, 9.17) is 5.11 Å². The molecule has 3 amide bonds. The van der Waals surface area contributed by atoms with Crippen molar-refractivity contribution in [3.05, 3.63) is 0 Å². The van der Waals surface area contributed by atoms with Crippen molar-refractivity contribution in [3.8, 4) is 0 Å². The third-order valence-corrected chi connectivity index (χ3v) is 1.29. The maximum absolute atomic E-state index is 10.7. The van der Waals surface area contributed by atoms with Crippen molar-refractivity contribution >= 4 is 11.9 Å². The van der Waals surface area contributed by atoms with Gasteiger partial charge in [0.25, 0.3) is 5.91 Å². The van der Waals surface area contributed by atoms with Gasteiger partial charge in [-0.25, -0.2) is 4.79 Å². The van der Waals surface area contributed by atoms with E-state index in [1.165, 1.54) is 6.92 Å². The molecule has 1 saturated heterocycles. The zero-order valence-corrected chi connectivity index (χ0v) is 5.42. The molecule has 1 fully saturated rings. The summed E-state index contributed by atoms with van der Waals surface area (Å²) in [5, 5.41) is 13.1. The third-order valence-electron chi connectivity index (χ3n) is 1.29. The Morgan fingerprint density at radius 1 is 1.60 bits per heavy atom. The van der Waals surface area contributed by atoms with Gasteiger partial charge >= 0.3 is 6.03 Å². The van der Waals surface area contributed by atoms with Crippen molar-refractivity contribution < 1.29 is 14.7 Å². The van der Waals surface area contributed by atoms with Crippen molar-refractivity contribution in [3.63, 3.8) is 0 Å². The Hall–Kier alpha value is -1.10. The van der Waals surface area contributed by atoms with Crippen molar-refractivity contribution in [2.45, 2.75) is 19.1 Å². The minimum Gasteiger partial charge on any atom is -0.391 e. The average Bonchev–Trinajstić information content (AvgIpc) is 2.10. The monoisotopic (exact) mass is 144 g/mol. The lowest BCUT2D eigenvalue weighted by molar-refractivity contribution is -0.122. The zero-order valence-electron chi connectivity index (χ0n) is 5.42. The Balaban J connectivity index is 2.63. The van der Waals surface area contributed by atoms with Crippen LogP contribution in [0.25, 0.3) is 0 Å². The van der Waals surface area contributed by atoms with Gasteiger partial charge in [0.15, 0.2) is 0 Å². The van der Waals surface area contributed by atoms with Crippen molar-refractivity contribution in [1.82, 2.24) is 10.6 Å². The Labute approximate surface area is 57.4 Å². The summed E-state index contributed by atoms with van der Waals surface area (Å²) in [6, 6.07) is -1.33. The molecule has 0 saturated carbocycles. The van der Waals surface area contributed by atoms with E-state index in [1.807, 2.05) is 5.32 Å². The predicted molar refractivity (Wildman–Crippen MR) is 32.1 cm³/mol. The molecule has 0 aliphatic carbocycles. The highest BCUT2D eigenvalue weighted by atomic mass is 16.3. The molecular formula is C5H8N2O3. The summed E-state index contributed by atoms with van der Waals surface area (Å²) in [6.45, 7) is 1.44. The lowest BCUT2D eigenvalue weighted by atomic mass is 10.2. The lowest BCUT2D eigenvalue weighted by Gasteiger charge is -2.08. The summed E-state index contributed by atoms with van der Waals surface area (Å²) in [7, 11) is 0. The SMILES string of the molecule is C[C@H](O)[C@@H]1NC(=O)NC1=O. The molecule has 0 unspecified atom stereocenters. The van der Waals surface area contributed by atoms with Gasteiger partial charge in [0.2, 0.25) is 0 Å². The molecule has 0 aromatic heterocycles. The van der Waals surface area contributed by atoms with E-state index >= 15 is 0 Å². The van der Waals surface area contributed by atoms with Crippen LogP contribution in [0.1, 0.15) is 6.92 Å². The molecule has 0 aromatic carbocycles. The van der Waals surface area contributed by atoms with Crippen LogP contribution in [-0.4, -0.2) is 29.2 Å². The van der Waals surface area contributed by atoms with Gasteiger partial charge in [-0.15, -0.1) is 0 Å². The first kappa shape index (κ1) is 7.01. The van der Waals surface area contributed by atoms with E-state index in [0.717, 1.165) is 0 Å². The quantitative estimate of drug-likeness (QED) is 0.395. The number of carbonyl (C=O) groups excluding carboxylic acids is 2. The summed E-state index contributed by atoms with van der Waals surface area (Å²) < 4.78 is 0. The summed E-state index contributed by atoms with van der Waals surface area (Å²) in [6.07, 6.45) is -0.841. The first-order valence-electron chi connectivity index (χ1n) is 2.90. The number of carbonyl (C=O) groups is 2. The van der Waals surface area contributed by atoms with E-state index in [2.05, 4.69) is 5.32 Å². The molecule has 0 bridgehead atoms. The van der Waals surface area contributed by atoms with Gasteiger partial charge < -0.3 is 10.4 Å². The molecule has 0 aromatic rings. The van der Waals surface area contributed by atoms with Gasteiger partial charge in [-0.1, -0.05) is 0 Å². The summed E-state index contributed by atoms with van der Waals surface area (Å²) in [5.41, 5.74) is 0. The van der Waals surface area contributed by atoms with Crippen LogP contribution in [0.3, 0.4) is 0 Å². The van der Waals surface area contributed by atoms with Crippen LogP contribution in [0.15, 0.2) is 0 Å². The smallest absolute Gasteiger partial charge is 0.322 e. The second kappa shape index (κ2) is 2.26. The van der Waals surface area contributed by atoms with E-state index in [-0.39, 0.29) is 0 Å². The molecule has 1 rings (SSSR count). The summed E-state index contributed by atoms with van der Waals surface area (Å²) in [5.74, 6) is -0.472. The van der Waals surface area contributed by atoms with Crippen molar-refractivity contribution in [1.29, 1.82) is 0 Å². The first-order valence-corrected chi connectivity index (χ1v) is 2.90. The molecule has 1 aliphatic heterocycles. The Kier molecular flexibility index (Phi) is 1.58. The van der Waals surface area contributed by atoms with Gasteiger partial charge in [-0.2, -0.15) is 0 Å². The van der Waals surface area contributed by atoms with Gasteiger partial charge in [0, 0.05) is 0 Å². The second-order valence-corrected chi connectivity index (χ2v) is 2.18. The van der Waals surface area contributed by atoms with Crippen LogP contribution in [0.2, 0.25) is 0 Å². The number of urea groups is 1. The Bertz CT molecular complexity index is 178. The number of hydrogen-bond acceptors (Lipinski definition) is 3. The maximum Gasteiger partial charge on any atom is 0.322 e. The fraction of sp³-hybridized carbons (Fsp3) is 0.600. The number of hydrogen-bond donors (Lipinski definition) is 3. The topological polar surface area (TPSA) is 78.4 Å². The molecule has 5 heteroatoms. The average molecular weight is 144 g/mol. The van der Waals surface area contributed by atoms with E-state index in [9.17, 15) is 9.59 Å². The molecule has 5 nitrogen and oxygen atoms in total. The fourth-order valence-electron chi connectivity index (χ4n) is 0.772. The predicted octanol–water partition coefficient (Wildman–Crippen LogP) is -1.42. The van der Waals surface area contributed by atoms with Crippen LogP contribution in [-0.2, 0) is 4.79 Å². The van der Waals surface area contributed by atoms with Gasteiger partial charge in [0.1, 0.15) is 6.04 Å². The summed E-state index contributed by atoms with van der Waals surface area (Å²) >= 11 is 0. The summed E-state index contributed by atoms with van der Waals surface area (Å²) in [4.78, 5) is 21.1. The van der Waals surface area contributed by atoms with E-state index < -0.39 is 24.1 Å².